The second-order valence-electron chi connectivity index (χ2n) is 6.27. The molecule has 0 heterocycles. The van der Waals surface area contributed by atoms with Crippen molar-refractivity contribution in [1.82, 2.24) is 0 Å². The van der Waals surface area contributed by atoms with Gasteiger partial charge in [0.2, 0.25) is 0 Å². The van der Waals surface area contributed by atoms with E-state index in [1.807, 2.05) is 0 Å². The molecule has 3 nitrogen and oxygen atoms in total. The number of rotatable bonds is 5. The van der Waals surface area contributed by atoms with E-state index in [-0.39, 0.29) is 17.7 Å². The molecule has 17 heavy (non-hydrogen) atoms. The summed E-state index contributed by atoms with van der Waals surface area (Å²) in [5, 5.41) is 0. The average Bonchev–Trinajstić information content (AvgIpc) is 2.22. The minimum Gasteiger partial charge on any atom is -0.379 e. The molecule has 0 saturated heterocycles. The molecule has 1 aliphatic carbocycles. The first kappa shape index (κ1) is 14.9. The van der Waals surface area contributed by atoms with Crippen molar-refractivity contribution >= 4 is 0 Å². The molecule has 0 aromatic carbocycles. The van der Waals surface area contributed by atoms with Gasteiger partial charge in [-0.15, -0.1) is 0 Å². The molecule has 1 fully saturated rings. The molecular weight excluding hydrogens is 214 g/mol. The minimum atomic E-state index is -0.102. The molecule has 4 atom stereocenters. The maximum Gasteiger partial charge on any atom is 0.0751 e. The van der Waals surface area contributed by atoms with Crippen molar-refractivity contribution in [2.24, 2.45) is 17.6 Å². The number of ether oxygens (including phenoxy) is 2. The second kappa shape index (κ2) is 6.17. The van der Waals surface area contributed by atoms with Gasteiger partial charge in [0.15, 0.2) is 0 Å². The van der Waals surface area contributed by atoms with Gasteiger partial charge in [0.05, 0.1) is 11.7 Å². The van der Waals surface area contributed by atoms with E-state index in [2.05, 4.69) is 27.7 Å². The van der Waals surface area contributed by atoms with Crippen LogP contribution in [0.1, 0.15) is 47.0 Å². The first-order valence-corrected chi connectivity index (χ1v) is 6.78. The van der Waals surface area contributed by atoms with E-state index in [0.29, 0.717) is 5.92 Å². The number of hydrogen-bond acceptors (Lipinski definition) is 3. The predicted octanol–water partition coefficient (Wildman–Crippen LogP) is 2.58. The SMILES string of the molecule is COC(C)(C)CCOC1C(C)CC(C)CC1N. The molecule has 0 radical (unpaired) electrons. The number of nitrogens with two attached hydrogens (primary N) is 1. The quantitative estimate of drug-likeness (QED) is 0.807. The smallest absolute Gasteiger partial charge is 0.0751 e. The first-order chi connectivity index (χ1) is 7.85. The highest BCUT2D eigenvalue weighted by molar-refractivity contribution is 4.86. The van der Waals surface area contributed by atoms with Gasteiger partial charge in [-0.1, -0.05) is 13.8 Å². The van der Waals surface area contributed by atoms with Crippen LogP contribution >= 0.6 is 0 Å². The summed E-state index contributed by atoms with van der Waals surface area (Å²) in [5.74, 6) is 1.30. The lowest BCUT2D eigenvalue weighted by molar-refractivity contribution is -0.0603. The summed E-state index contributed by atoms with van der Waals surface area (Å²) >= 11 is 0. The molecule has 0 amide bonds. The molecule has 0 bridgehead atoms. The first-order valence-electron chi connectivity index (χ1n) is 6.78. The van der Waals surface area contributed by atoms with Crippen molar-refractivity contribution < 1.29 is 9.47 Å². The summed E-state index contributed by atoms with van der Waals surface area (Å²) in [6, 6.07) is 0.194. The topological polar surface area (TPSA) is 44.5 Å². The Morgan fingerprint density at radius 1 is 1.24 bits per heavy atom. The molecule has 1 aliphatic rings. The fourth-order valence-electron chi connectivity index (χ4n) is 2.72. The maximum absolute atomic E-state index is 6.19. The zero-order chi connectivity index (χ0) is 13.1. The molecule has 3 heteroatoms. The Morgan fingerprint density at radius 2 is 1.88 bits per heavy atom. The third-order valence-electron chi connectivity index (χ3n) is 4.00. The summed E-state index contributed by atoms with van der Waals surface area (Å²) in [4.78, 5) is 0. The zero-order valence-corrected chi connectivity index (χ0v) is 12.0. The summed E-state index contributed by atoms with van der Waals surface area (Å²) in [7, 11) is 1.75. The van der Waals surface area contributed by atoms with Gasteiger partial charge in [-0.3, -0.25) is 0 Å². The van der Waals surface area contributed by atoms with E-state index in [1.54, 1.807) is 7.11 Å². The third kappa shape index (κ3) is 4.57. The van der Waals surface area contributed by atoms with E-state index >= 15 is 0 Å². The monoisotopic (exact) mass is 243 g/mol. The Labute approximate surface area is 106 Å². The highest BCUT2D eigenvalue weighted by atomic mass is 16.5. The van der Waals surface area contributed by atoms with Crippen molar-refractivity contribution in [1.29, 1.82) is 0 Å². The number of methoxy groups -OCH3 is 1. The van der Waals surface area contributed by atoms with E-state index < -0.39 is 0 Å². The number of hydrogen-bond donors (Lipinski definition) is 1. The Balaban J connectivity index is 2.35. The Morgan fingerprint density at radius 3 is 2.41 bits per heavy atom. The Kier molecular flexibility index (Phi) is 5.42. The molecule has 102 valence electrons. The van der Waals surface area contributed by atoms with Crippen LogP contribution in [0.3, 0.4) is 0 Å². The minimum absolute atomic E-state index is 0.102. The van der Waals surface area contributed by atoms with Gasteiger partial charge < -0.3 is 15.2 Å². The summed E-state index contributed by atoms with van der Waals surface area (Å²) in [6.45, 7) is 9.44. The van der Waals surface area contributed by atoms with Crippen LogP contribution in [0, 0.1) is 11.8 Å². The lowest BCUT2D eigenvalue weighted by atomic mass is 9.78. The predicted molar refractivity (Wildman–Crippen MR) is 71.0 cm³/mol. The summed E-state index contributed by atoms with van der Waals surface area (Å²) in [5.41, 5.74) is 6.08. The molecule has 1 rings (SSSR count). The van der Waals surface area contributed by atoms with Crippen molar-refractivity contribution in [3.8, 4) is 0 Å². The van der Waals surface area contributed by atoms with Gasteiger partial charge in [0, 0.05) is 19.8 Å². The molecule has 1 saturated carbocycles. The van der Waals surface area contributed by atoms with Crippen LogP contribution in [0.2, 0.25) is 0 Å². The van der Waals surface area contributed by atoms with Gasteiger partial charge in [-0.05, 0) is 44.9 Å². The van der Waals surface area contributed by atoms with Gasteiger partial charge >= 0.3 is 0 Å². The van der Waals surface area contributed by atoms with Crippen molar-refractivity contribution in [3.63, 3.8) is 0 Å². The van der Waals surface area contributed by atoms with Crippen LogP contribution in [0.25, 0.3) is 0 Å². The molecule has 4 unspecified atom stereocenters. The van der Waals surface area contributed by atoms with Crippen LogP contribution in [-0.4, -0.2) is 31.5 Å². The van der Waals surface area contributed by atoms with Crippen LogP contribution in [-0.2, 0) is 9.47 Å². The van der Waals surface area contributed by atoms with Gasteiger partial charge in [0.1, 0.15) is 0 Å². The van der Waals surface area contributed by atoms with E-state index in [4.69, 9.17) is 15.2 Å². The maximum atomic E-state index is 6.19. The van der Waals surface area contributed by atoms with Crippen molar-refractivity contribution in [2.75, 3.05) is 13.7 Å². The summed E-state index contributed by atoms with van der Waals surface area (Å²) in [6.07, 6.45) is 3.45. The standard InChI is InChI=1S/C14H29NO2/c1-10-8-11(2)13(12(15)9-10)17-7-6-14(3,4)16-5/h10-13H,6-9,15H2,1-5H3. The largest absolute Gasteiger partial charge is 0.379 e. The highest BCUT2D eigenvalue weighted by Gasteiger charge is 2.32. The fourth-order valence-corrected chi connectivity index (χ4v) is 2.72. The van der Waals surface area contributed by atoms with Crippen molar-refractivity contribution in [3.05, 3.63) is 0 Å². The van der Waals surface area contributed by atoms with Gasteiger partial charge in [-0.2, -0.15) is 0 Å². The third-order valence-corrected chi connectivity index (χ3v) is 4.00. The van der Waals surface area contributed by atoms with E-state index in [9.17, 15) is 0 Å². The normalized spacial score (nSPS) is 34.9. The van der Waals surface area contributed by atoms with Gasteiger partial charge in [0.25, 0.3) is 0 Å². The van der Waals surface area contributed by atoms with Crippen LogP contribution in [0.5, 0.6) is 0 Å². The zero-order valence-electron chi connectivity index (χ0n) is 12.0. The van der Waals surface area contributed by atoms with Crippen LogP contribution in [0.4, 0.5) is 0 Å². The van der Waals surface area contributed by atoms with Crippen LogP contribution < -0.4 is 5.73 Å². The van der Waals surface area contributed by atoms with E-state index in [1.165, 1.54) is 6.42 Å². The second-order valence-corrected chi connectivity index (χ2v) is 6.27. The molecule has 2 N–H and O–H groups in total. The fraction of sp³-hybridized carbons (Fsp3) is 1.00. The van der Waals surface area contributed by atoms with Crippen LogP contribution in [0.15, 0.2) is 0 Å². The van der Waals surface area contributed by atoms with Gasteiger partial charge in [-0.25, -0.2) is 0 Å². The van der Waals surface area contributed by atoms with Crippen molar-refractivity contribution in [2.45, 2.75) is 64.7 Å². The lowest BCUT2D eigenvalue weighted by Gasteiger charge is -2.38. The van der Waals surface area contributed by atoms with E-state index in [0.717, 1.165) is 25.4 Å². The molecule has 0 aromatic heterocycles. The lowest BCUT2D eigenvalue weighted by Crippen LogP contribution is -2.47. The Hall–Kier alpha value is -0.120. The Bertz CT molecular complexity index is 218. The highest BCUT2D eigenvalue weighted by Crippen LogP contribution is 2.30. The summed E-state index contributed by atoms with van der Waals surface area (Å²) < 4.78 is 11.4. The molecular formula is C14H29NO2. The molecule has 0 aliphatic heterocycles. The molecule has 0 spiro atoms. The molecule has 0 aromatic rings. The average molecular weight is 243 g/mol.